The van der Waals surface area contributed by atoms with Gasteiger partial charge in [0.1, 0.15) is 5.75 Å². The van der Waals surface area contributed by atoms with Gasteiger partial charge in [0, 0.05) is 11.0 Å². The molecule has 100 valence electrons. The molecule has 0 atom stereocenters. The summed E-state index contributed by atoms with van der Waals surface area (Å²) in [4.78, 5) is 0. The van der Waals surface area contributed by atoms with Crippen LogP contribution in [-0.4, -0.2) is 24.7 Å². The van der Waals surface area contributed by atoms with Crippen LogP contribution in [0.2, 0.25) is 0 Å². The molecule has 1 aromatic rings. The Morgan fingerprint density at radius 2 is 1.89 bits per heavy atom. The average Bonchev–Trinajstić information content (AvgIpc) is 2.33. The molecule has 0 N–H and O–H groups in total. The summed E-state index contributed by atoms with van der Waals surface area (Å²) < 4.78 is 15.0. The van der Waals surface area contributed by atoms with Gasteiger partial charge in [-0.25, -0.2) is 4.40 Å². The summed E-state index contributed by atoms with van der Waals surface area (Å²) in [6.07, 6.45) is 1.80. The lowest BCUT2D eigenvalue weighted by Crippen LogP contribution is -2.05. The van der Waals surface area contributed by atoms with Gasteiger partial charge in [-0.05, 0) is 50.4 Å². The van der Waals surface area contributed by atoms with Crippen LogP contribution < -0.4 is 4.74 Å². The molecule has 1 rings (SSSR count). The monoisotopic (exact) mass is 267 g/mol. The average molecular weight is 267 g/mol. The van der Waals surface area contributed by atoms with Crippen LogP contribution in [0.1, 0.15) is 26.3 Å². The predicted octanol–water partition coefficient (Wildman–Crippen LogP) is 3.73. The number of nitrogens with zero attached hydrogens (tertiary/aromatic N) is 1. The zero-order chi connectivity index (χ0) is 13.4. The molecule has 0 amide bonds. The molecule has 0 spiro atoms. The molecule has 0 aromatic heterocycles. The van der Waals surface area contributed by atoms with Crippen LogP contribution in [-0.2, 0) is 11.3 Å². The van der Waals surface area contributed by atoms with E-state index < -0.39 is 0 Å². The fraction of sp³-hybridized carbons (Fsp3) is 0.500. The molecular weight excluding hydrogens is 246 g/mol. The Kier molecular flexibility index (Phi) is 6.22. The summed E-state index contributed by atoms with van der Waals surface area (Å²) in [5.74, 6) is 0.863. The van der Waals surface area contributed by atoms with Crippen molar-refractivity contribution in [3.05, 3.63) is 29.8 Å². The summed E-state index contributed by atoms with van der Waals surface area (Å²) in [5, 5.41) is 0. The normalized spacial score (nSPS) is 12.0. The van der Waals surface area contributed by atoms with Crippen LogP contribution in [0.25, 0.3) is 0 Å². The van der Waals surface area contributed by atoms with Gasteiger partial charge < -0.3 is 9.47 Å². The second-order valence-electron chi connectivity index (χ2n) is 4.85. The van der Waals surface area contributed by atoms with E-state index in [0.29, 0.717) is 13.2 Å². The van der Waals surface area contributed by atoms with Crippen molar-refractivity contribution in [1.82, 2.24) is 0 Å². The van der Waals surface area contributed by atoms with Gasteiger partial charge in [0.25, 0.3) is 0 Å². The number of rotatable bonds is 6. The first-order chi connectivity index (χ1) is 8.51. The maximum atomic E-state index is 5.50. The highest BCUT2D eigenvalue weighted by molar-refractivity contribution is 7.99. The van der Waals surface area contributed by atoms with E-state index in [1.807, 2.05) is 24.3 Å². The van der Waals surface area contributed by atoms with Gasteiger partial charge in [-0.1, -0.05) is 12.1 Å². The molecule has 18 heavy (non-hydrogen) atoms. The number of benzene rings is 1. The molecule has 0 aliphatic heterocycles. The van der Waals surface area contributed by atoms with E-state index in [9.17, 15) is 0 Å². The Bertz CT molecular complexity index is 368. The minimum Gasteiger partial charge on any atom is -0.497 e. The van der Waals surface area contributed by atoms with Crippen LogP contribution >= 0.6 is 11.9 Å². The summed E-state index contributed by atoms with van der Waals surface area (Å²) in [5.41, 5.74) is 1.13. The van der Waals surface area contributed by atoms with Crippen LogP contribution in [0, 0.1) is 0 Å². The van der Waals surface area contributed by atoms with Crippen LogP contribution in [0.4, 0.5) is 0 Å². The van der Waals surface area contributed by atoms with Crippen molar-refractivity contribution in [3.8, 4) is 5.75 Å². The Morgan fingerprint density at radius 3 is 2.44 bits per heavy atom. The van der Waals surface area contributed by atoms with Crippen molar-refractivity contribution in [3.63, 3.8) is 0 Å². The third-order valence-electron chi connectivity index (χ3n) is 2.02. The Balaban J connectivity index is 2.21. The van der Waals surface area contributed by atoms with E-state index >= 15 is 0 Å². The second-order valence-corrected chi connectivity index (χ2v) is 6.47. The fourth-order valence-electron chi connectivity index (χ4n) is 1.18. The molecule has 0 bridgehead atoms. The Morgan fingerprint density at radius 1 is 1.22 bits per heavy atom. The molecule has 0 fully saturated rings. The number of hydrogen-bond donors (Lipinski definition) is 0. The van der Waals surface area contributed by atoms with Crippen molar-refractivity contribution in [2.24, 2.45) is 4.40 Å². The molecular formula is C14H21NO2S. The molecule has 0 heterocycles. The van der Waals surface area contributed by atoms with Gasteiger partial charge in [0.05, 0.1) is 20.3 Å². The molecule has 0 saturated carbocycles. The van der Waals surface area contributed by atoms with Gasteiger partial charge in [-0.3, -0.25) is 0 Å². The lowest BCUT2D eigenvalue weighted by molar-refractivity contribution is 0.160. The molecule has 0 unspecified atom stereocenters. The molecule has 3 nitrogen and oxygen atoms in total. The summed E-state index contributed by atoms with van der Waals surface area (Å²) in [6, 6.07) is 7.87. The van der Waals surface area contributed by atoms with Crippen LogP contribution in [0.5, 0.6) is 5.75 Å². The van der Waals surface area contributed by atoms with Gasteiger partial charge in [0.2, 0.25) is 0 Å². The van der Waals surface area contributed by atoms with Crippen molar-refractivity contribution < 1.29 is 9.47 Å². The molecule has 0 aliphatic rings. The summed E-state index contributed by atoms with van der Waals surface area (Å²) >= 11 is 1.56. The first kappa shape index (κ1) is 15.1. The molecule has 0 aliphatic carbocycles. The summed E-state index contributed by atoms with van der Waals surface area (Å²) in [7, 11) is 1.66. The fourth-order valence-corrected chi connectivity index (χ4v) is 1.63. The van der Waals surface area contributed by atoms with Gasteiger partial charge in [0.15, 0.2) is 0 Å². The molecule has 0 radical (unpaired) electrons. The van der Waals surface area contributed by atoms with E-state index in [4.69, 9.17) is 9.47 Å². The second kappa shape index (κ2) is 7.44. The molecule has 4 heteroatoms. The number of hydrogen-bond acceptors (Lipinski definition) is 4. The third-order valence-corrected chi connectivity index (χ3v) is 2.82. The zero-order valence-electron chi connectivity index (χ0n) is 11.5. The van der Waals surface area contributed by atoms with Crippen molar-refractivity contribution in [2.75, 3.05) is 13.7 Å². The maximum absolute atomic E-state index is 5.50. The number of methoxy groups -OCH3 is 1. The zero-order valence-corrected chi connectivity index (χ0v) is 12.3. The highest BCUT2D eigenvalue weighted by Crippen LogP contribution is 2.23. The number of ether oxygens (including phenoxy) is 2. The van der Waals surface area contributed by atoms with Crippen LogP contribution in [0.3, 0.4) is 0 Å². The third kappa shape index (κ3) is 6.67. The van der Waals surface area contributed by atoms with Gasteiger partial charge in [-0.2, -0.15) is 0 Å². The van der Waals surface area contributed by atoms with E-state index in [-0.39, 0.29) is 4.75 Å². The van der Waals surface area contributed by atoms with E-state index in [1.165, 1.54) is 0 Å². The first-order valence-electron chi connectivity index (χ1n) is 5.92. The largest absolute Gasteiger partial charge is 0.497 e. The van der Waals surface area contributed by atoms with Crippen molar-refractivity contribution in [1.29, 1.82) is 0 Å². The Hall–Kier alpha value is -1.00. The van der Waals surface area contributed by atoms with Crippen molar-refractivity contribution in [2.45, 2.75) is 32.1 Å². The smallest absolute Gasteiger partial charge is 0.118 e. The quantitative estimate of drug-likeness (QED) is 0.447. The van der Waals surface area contributed by atoms with Crippen molar-refractivity contribution >= 4 is 18.2 Å². The highest BCUT2D eigenvalue weighted by atomic mass is 32.2. The SMILES string of the molecule is COc1ccc(COCC=NSC(C)(C)C)cc1. The summed E-state index contributed by atoms with van der Waals surface area (Å²) in [6.45, 7) is 7.53. The first-order valence-corrected chi connectivity index (χ1v) is 6.69. The van der Waals surface area contributed by atoms with E-state index in [2.05, 4.69) is 25.2 Å². The van der Waals surface area contributed by atoms with Gasteiger partial charge in [-0.15, -0.1) is 0 Å². The highest BCUT2D eigenvalue weighted by Gasteiger charge is 2.08. The Labute approximate surface area is 114 Å². The van der Waals surface area contributed by atoms with E-state index in [0.717, 1.165) is 11.3 Å². The van der Waals surface area contributed by atoms with Crippen LogP contribution in [0.15, 0.2) is 28.7 Å². The molecule has 0 saturated heterocycles. The minimum absolute atomic E-state index is 0.159. The predicted molar refractivity (Wildman–Crippen MR) is 78.5 cm³/mol. The van der Waals surface area contributed by atoms with Gasteiger partial charge >= 0.3 is 0 Å². The topological polar surface area (TPSA) is 30.8 Å². The minimum atomic E-state index is 0.159. The lowest BCUT2D eigenvalue weighted by Gasteiger charge is -2.12. The maximum Gasteiger partial charge on any atom is 0.118 e. The standard InChI is InChI=1S/C14H21NO2S/c1-14(2,3)18-15-9-10-17-11-12-5-7-13(16-4)8-6-12/h5-9H,10-11H2,1-4H3. The lowest BCUT2D eigenvalue weighted by atomic mass is 10.2. The molecule has 1 aromatic carbocycles. The van der Waals surface area contributed by atoms with E-state index in [1.54, 1.807) is 25.3 Å².